The zero-order chi connectivity index (χ0) is 11.3. The van der Waals surface area contributed by atoms with Gasteiger partial charge in [0.2, 0.25) is 0 Å². The molecule has 1 nitrogen and oxygen atoms in total. The van der Waals surface area contributed by atoms with Crippen LogP contribution in [0.5, 0.6) is 0 Å². The molecule has 1 aromatic rings. The van der Waals surface area contributed by atoms with Gasteiger partial charge in [-0.25, -0.2) is 0 Å². The monoisotopic (exact) mass is 333 g/mol. The predicted molar refractivity (Wildman–Crippen MR) is 73.2 cm³/mol. The Bertz CT molecular complexity index is 306. The zero-order valence-corrected chi connectivity index (χ0v) is 12.4. The van der Waals surface area contributed by atoms with Crippen LogP contribution in [0.3, 0.4) is 0 Å². The molecule has 0 saturated heterocycles. The maximum absolute atomic E-state index is 3.62. The Morgan fingerprint density at radius 1 is 1.27 bits per heavy atom. The third-order valence-corrected chi connectivity index (χ3v) is 3.55. The molecule has 0 radical (unpaired) electrons. The number of rotatable bonds is 5. The van der Waals surface area contributed by atoms with Gasteiger partial charge in [-0.3, -0.25) is 0 Å². The minimum atomic E-state index is 0.461. The number of hydrogen-bond acceptors (Lipinski definition) is 1. The Kier molecular flexibility index (Phi) is 5.87. The smallest absolute Gasteiger partial charge is 0.0331 e. The van der Waals surface area contributed by atoms with Crippen LogP contribution in [0.25, 0.3) is 0 Å². The molecule has 3 heteroatoms. The number of hydrogen-bond donors (Lipinski definition) is 1. The second-order valence-corrected chi connectivity index (χ2v) is 5.33. The van der Waals surface area contributed by atoms with Crippen LogP contribution >= 0.6 is 31.9 Å². The molecule has 1 aromatic carbocycles. The molecule has 1 N–H and O–H groups in total. The van der Waals surface area contributed by atoms with Crippen LogP contribution in [0.2, 0.25) is 0 Å². The fraction of sp³-hybridized carbons (Fsp3) is 0.500. The van der Waals surface area contributed by atoms with Gasteiger partial charge in [0, 0.05) is 15.0 Å². The summed E-state index contributed by atoms with van der Waals surface area (Å²) in [6, 6.07) is 6.84. The molecule has 0 aliphatic rings. The Labute approximate surface area is 109 Å². The van der Waals surface area contributed by atoms with Crippen molar-refractivity contribution in [3.05, 3.63) is 32.7 Å². The molecule has 1 rings (SSSR count). The summed E-state index contributed by atoms with van der Waals surface area (Å²) in [5, 5.41) is 3.51. The van der Waals surface area contributed by atoms with E-state index < -0.39 is 0 Å². The summed E-state index contributed by atoms with van der Waals surface area (Å²) in [6.45, 7) is 5.37. The lowest BCUT2D eigenvalue weighted by Crippen LogP contribution is -2.21. The molecule has 0 spiro atoms. The van der Waals surface area contributed by atoms with Crippen molar-refractivity contribution in [2.45, 2.75) is 32.7 Å². The molecule has 0 heterocycles. The van der Waals surface area contributed by atoms with Crippen molar-refractivity contribution < 1.29 is 0 Å². The van der Waals surface area contributed by atoms with E-state index in [0.29, 0.717) is 6.04 Å². The van der Waals surface area contributed by atoms with E-state index in [2.05, 4.69) is 69.2 Å². The summed E-state index contributed by atoms with van der Waals surface area (Å²) >= 11 is 7.09. The van der Waals surface area contributed by atoms with Gasteiger partial charge in [-0.1, -0.05) is 58.2 Å². The van der Waals surface area contributed by atoms with Crippen LogP contribution in [0.1, 0.15) is 38.3 Å². The highest BCUT2D eigenvalue weighted by Crippen LogP contribution is 2.29. The predicted octanol–water partition coefficient (Wildman–Crippen LogP) is 4.66. The van der Waals surface area contributed by atoms with Gasteiger partial charge in [0.15, 0.2) is 0 Å². The van der Waals surface area contributed by atoms with E-state index in [9.17, 15) is 0 Å². The normalized spacial score (nSPS) is 12.8. The summed E-state index contributed by atoms with van der Waals surface area (Å²) in [5.41, 5.74) is 1.35. The van der Waals surface area contributed by atoms with E-state index in [4.69, 9.17) is 0 Å². The largest absolute Gasteiger partial charge is 0.310 e. The average molecular weight is 335 g/mol. The third kappa shape index (κ3) is 3.89. The average Bonchev–Trinajstić information content (AvgIpc) is 2.17. The molecule has 1 atom stereocenters. The van der Waals surface area contributed by atoms with Crippen LogP contribution in [-0.4, -0.2) is 6.54 Å². The van der Waals surface area contributed by atoms with Crippen LogP contribution in [0.15, 0.2) is 27.1 Å². The topological polar surface area (TPSA) is 12.0 Å². The van der Waals surface area contributed by atoms with Gasteiger partial charge in [-0.05, 0) is 30.7 Å². The third-order valence-electron chi connectivity index (χ3n) is 2.37. The van der Waals surface area contributed by atoms with Gasteiger partial charge in [0.1, 0.15) is 0 Å². The van der Waals surface area contributed by atoms with Gasteiger partial charge < -0.3 is 5.32 Å². The van der Waals surface area contributed by atoms with E-state index in [-0.39, 0.29) is 0 Å². The molecule has 0 amide bonds. The molecule has 0 aliphatic heterocycles. The number of halogens is 2. The fourth-order valence-corrected chi connectivity index (χ4v) is 3.01. The maximum atomic E-state index is 3.62. The van der Waals surface area contributed by atoms with E-state index in [1.54, 1.807) is 0 Å². The number of benzene rings is 1. The first-order chi connectivity index (χ1) is 7.19. The van der Waals surface area contributed by atoms with Crippen LogP contribution in [0, 0.1) is 0 Å². The molecule has 0 aliphatic carbocycles. The van der Waals surface area contributed by atoms with E-state index in [0.717, 1.165) is 11.0 Å². The second kappa shape index (κ2) is 6.66. The van der Waals surface area contributed by atoms with Crippen molar-refractivity contribution in [3.8, 4) is 0 Å². The maximum Gasteiger partial charge on any atom is 0.0331 e. The summed E-state index contributed by atoms with van der Waals surface area (Å²) in [5.74, 6) is 0. The van der Waals surface area contributed by atoms with Crippen LogP contribution < -0.4 is 5.32 Å². The number of nitrogens with one attached hydrogen (secondary N) is 1. The molecule has 1 unspecified atom stereocenters. The standard InChI is InChI=1S/C12H17Br2N/c1-3-5-12(15-4-2)10-7-6-9(13)8-11(10)14/h6-8,12,15H,3-5H2,1-2H3. The van der Waals surface area contributed by atoms with Crippen molar-refractivity contribution in [1.82, 2.24) is 5.32 Å². The second-order valence-electron chi connectivity index (χ2n) is 3.56. The Balaban J connectivity index is 2.89. The quantitative estimate of drug-likeness (QED) is 0.825. The molecule has 0 bridgehead atoms. The summed E-state index contributed by atoms with van der Waals surface area (Å²) < 4.78 is 2.29. The summed E-state index contributed by atoms with van der Waals surface area (Å²) in [6.07, 6.45) is 2.37. The lowest BCUT2D eigenvalue weighted by molar-refractivity contribution is 0.507. The molecule has 0 aromatic heterocycles. The van der Waals surface area contributed by atoms with E-state index in [1.807, 2.05) is 0 Å². The first-order valence-electron chi connectivity index (χ1n) is 5.37. The van der Waals surface area contributed by atoms with Gasteiger partial charge in [0.25, 0.3) is 0 Å². The van der Waals surface area contributed by atoms with Crippen molar-refractivity contribution in [2.75, 3.05) is 6.54 Å². The van der Waals surface area contributed by atoms with Crippen molar-refractivity contribution in [3.63, 3.8) is 0 Å². The molecular formula is C12H17Br2N. The minimum absolute atomic E-state index is 0.461. The summed E-state index contributed by atoms with van der Waals surface area (Å²) in [7, 11) is 0. The van der Waals surface area contributed by atoms with Gasteiger partial charge in [-0.15, -0.1) is 0 Å². The highest BCUT2D eigenvalue weighted by atomic mass is 79.9. The molecular weight excluding hydrogens is 318 g/mol. The van der Waals surface area contributed by atoms with Crippen molar-refractivity contribution in [1.29, 1.82) is 0 Å². The first-order valence-corrected chi connectivity index (χ1v) is 6.96. The zero-order valence-electron chi connectivity index (χ0n) is 9.19. The van der Waals surface area contributed by atoms with Crippen molar-refractivity contribution >= 4 is 31.9 Å². The highest BCUT2D eigenvalue weighted by molar-refractivity contribution is 9.11. The molecule has 15 heavy (non-hydrogen) atoms. The van der Waals surface area contributed by atoms with Gasteiger partial charge in [-0.2, -0.15) is 0 Å². The molecule has 84 valence electrons. The highest BCUT2D eigenvalue weighted by Gasteiger charge is 2.12. The van der Waals surface area contributed by atoms with Crippen molar-refractivity contribution in [2.24, 2.45) is 0 Å². The van der Waals surface area contributed by atoms with Gasteiger partial charge in [0.05, 0.1) is 0 Å². The fourth-order valence-electron chi connectivity index (χ4n) is 1.69. The minimum Gasteiger partial charge on any atom is -0.310 e. The first kappa shape index (κ1) is 13.2. The lowest BCUT2D eigenvalue weighted by atomic mass is 10.0. The Morgan fingerprint density at radius 2 is 2.00 bits per heavy atom. The SMILES string of the molecule is CCCC(NCC)c1ccc(Br)cc1Br. The lowest BCUT2D eigenvalue weighted by Gasteiger charge is -2.19. The van der Waals surface area contributed by atoms with Gasteiger partial charge >= 0.3 is 0 Å². The Hall–Kier alpha value is 0.140. The summed E-state index contributed by atoms with van der Waals surface area (Å²) in [4.78, 5) is 0. The molecule has 0 fully saturated rings. The van der Waals surface area contributed by atoms with E-state index in [1.165, 1.54) is 22.9 Å². The van der Waals surface area contributed by atoms with Crippen LogP contribution in [0.4, 0.5) is 0 Å². The Morgan fingerprint density at radius 3 is 2.53 bits per heavy atom. The van der Waals surface area contributed by atoms with E-state index >= 15 is 0 Å². The van der Waals surface area contributed by atoms with Crippen LogP contribution in [-0.2, 0) is 0 Å². The molecule has 0 saturated carbocycles.